The van der Waals surface area contributed by atoms with Gasteiger partial charge in [0.1, 0.15) is 0 Å². The second-order valence-corrected chi connectivity index (χ2v) is 7.58. The lowest BCUT2D eigenvalue weighted by Crippen LogP contribution is -2.48. The summed E-state index contributed by atoms with van der Waals surface area (Å²) < 4.78 is 26.8. The van der Waals surface area contributed by atoms with Gasteiger partial charge in [0.15, 0.2) is 0 Å². The van der Waals surface area contributed by atoms with Gasteiger partial charge in [-0.25, -0.2) is 8.42 Å². The summed E-state index contributed by atoms with van der Waals surface area (Å²) in [5, 5.41) is 8.81. The summed E-state index contributed by atoms with van der Waals surface area (Å²) in [6.07, 6.45) is 1.76. The third-order valence-electron chi connectivity index (χ3n) is 4.06. The second kappa shape index (κ2) is 7.09. The van der Waals surface area contributed by atoms with Crippen molar-refractivity contribution in [1.82, 2.24) is 14.2 Å². The van der Waals surface area contributed by atoms with E-state index >= 15 is 0 Å². The van der Waals surface area contributed by atoms with E-state index < -0.39 is 10.0 Å². The van der Waals surface area contributed by atoms with Gasteiger partial charge in [0.2, 0.25) is 10.0 Å². The third kappa shape index (κ3) is 3.62. The van der Waals surface area contributed by atoms with E-state index in [0.29, 0.717) is 31.7 Å². The van der Waals surface area contributed by atoms with Gasteiger partial charge < -0.3 is 0 Å². The van der Waals surface area contributed by atoms with Crippen molar-refractivity contribution in [3.05, 3.63) is 59.9 Å². The summed E-state index contributed by atoms with van der Waals surface area (Å²) in [4.78, 5) is 6.74. The molecule has 0 unspecified atom stereocenters. The number of nitrogens with zero attached hydrogens (tertiary/aromatic N) is 4. The van der Waals surface area contributed by atoms with Crippen molar-refractivity contribution in [2.45, 2.75) is 11.4 Å². The van der Waals surface area contributed by atoms with Crippen molar-refractivity contribution < 1.29 is 8.42 Å². The molecule has 1 aromatic heterocycles. The Morgan fingerprint density at radius 1 is 1.04 bits per heavy atom. The maximum Gasteiger partial charge on any atom is 0.243 e. The molecule has 0 spiro atoms. The molecule has 0 N–H and O–H groups in total. The highest BCUT2D eigenvalue weighted by molar-refractivity contribution is 7.89. The van der Waals surface area contributed by atoms with Gasteiger partial charge in [-0.1, -0.05) is 6.07 Å². The number of sulfonamides is 1. The Kier molecular flexibility index (Phi) is 4.90. The Balaban J connectivity index is 1.64. The smallest absolute Gasteiger partial charge is 0.243 e. The van der Waals surface area contributed by atoms with Crippen LogP contribution in [0.15, 0.2) is 53.6 Å². The highest BCUT2D eigenvalue weighted by Crippen LogP contribution is 2.18. The molecule has 0 amide bonds. The van der Waals surface area contributed by atoms with Crippen LogP contribution in [0.5, 0.6) is 0 Å². The standard InChI is InChI=1S/C17H18N4O2S/c18-13-15-4-6-17(7-5-15)24(22,23)21-11-9-20(10-12-21)14-16-3-1-2-8-19-16/h1-8H,9-12,14H2. The van der Waals surface area contributed by atoms with Gasteiger partial charge in [-0.05, 0) is 36.4 Å². The molecule has 1 aliphatic rings. The fourth-order valence-corrected chi connectivity index (χ4v) is 4.12. The molecular weight excluding hydrogens is 324 g/mol. The largest absolute Gasteiger partial charge is 0.295 e. The lowest BCUT2D eigenvalue weighted by molar-refractivity contribution is 0.180. The molecule has 1 aliphatic heterocycles. The van der Waals surface area contributed by atoms with Crippen LogP contribution in [-0.2, 0) is 16.6 Å². The molecule has 0 saturated carbocycles. The van der Waals surface area contributed by atoms with E-state index in [1.54, 1.807) is 6.20 Å². The molecule has 1 aromatic carbocycles. The van der Waals surface area contributed by atoms with E-state index in [1.807, 2.05) is 24.3 Å². The van der Waals surface area contributed by atoms with Crippen LogP contribution in [0.4, 0.5) is 0 Å². The first-order chi connectivity index (χ1) is 11.6. The maximum absolute atomic E-state index is 12.7. The maximum atomic E-state index is 12.7. The van der Waals surface area contributed by atoms with Gasteiger partial charge in [0.25, 0.3) is 0 Å². The zero-order valence-electron chi connectivity index (χ0n) is 13.2. The van der Waals surface area contributed by atoms with Crippen LogP contribution in [-0.4, -0.2) is 48.8 Å². The monoisotopic (exact) mass is 342 g/mol. The number of benzene rings is 1. The summed E-state index contributed by atoms with van der Waals surface area (Å²) >= 11 is 0. The molecule has 0 atom stereocenters. The van der Waals surface area contributed by atoms with E-state index in [9.17, 15) is 8.42 Å². The van der Waals surface area contributed by atoms with Crippen molar-refractivity contribution >= 4 is 10.0 Å². The average Bonchev–Trinajstić information content (AvgIpc) is 2.63. The molecule has 0 aliphatic carbocycles. The zero-order valence-corrected chi connectivity index (χ0v) is 14.0. The van der Waals surface area contributed by atoms with Crippen LogP contribution < -0.4 is 0 Å². The van der Waals surface area contributed by atoms with Crippen molar-refractivity contribution in [3.8, 4) is 6.07 Å². The highest BCUT2D eigenvalue weighted by Gasteiger charge is 2.28. The molecule has 3 rings (SSSR count). The quantitative estimate of drug-likeness (QED) is 0.841. The molecule has 1 saturated heterocycles. The van der Waals surface area contributed by atoms with Crippen LogP contribution in [0.25, 0.3) is 0 Å². The second-order valence-electron chi connectivity index (χ2n) is 5.64. The number of piperazine rings is 1. The Hall–Kier alpha value is -2.27. The van der Waals surface area contributed by atoms with Gasteiger partial charge in [-0.3, -0.25) is 9.88 Å². The molecular formula is C17H18N4O2S. The highest BCUT2D eigenvalue weighted by atomic mass is 32.2. The predicted molar refractivity (Wildman–Crippen MR) is 89.4 cm³/mol. The molecule has 6 nitrogen and oxygen atoms in total. The lowest BCUT2D eigenvalue weighted by Gasteiger charge is -2.33. The number of nitriles is 1. The van der Waals surface area contributed by atoms with Crippen molar-refractivity contribution in [2.75, 3.05) is 26.2 Å². The van der Waals surface area contributed by atoms with Gasteiger partial charge >= 0.3 is 0 Å². The fourth-order valence-electron chi connectivity index (χ4n) is 2.70. The Morgan fingerprint density at radius 3 is 2.33 bits per heavy atom. The summed E-state index contributed by atoms with van der Waals surface area (Å²) in [6, 6.07) is 13.9. The molecule has 2 aromatic rings. The van der Waals surface area contributed by atoms with Gasteiger partial charge in [0.05, 0.1) is 22.2 Å². The molecule has 0 radical (unpaired) electrons. The van der Waals surface area contributed by atoms with Gasteiger partial charge in [-0.15, -0.1) is 0 Å². The summed E-state index contributed by atoms with van der Waals surface area (Å²) in [6.45, 7) is 2.98. The number of rotatable bonds is 4. The van der Waals surface area contributed by atoms with Crippen molar-refractivity contribution in [3.63, 3.8) is 0 Å². The van der Waals surface area contributed by atoms with Crippen LogP contribution in [0.1, 0.15) is 11.3 Å². The average molecular weight is 342 g/mol. The molecule has 124 valence electrons. The molecule has 0 bridgehead atoms. The van der Waals surface area contributed by atoms with E-state index in [2.05, 4.69) is 9.88 Å². The van der Waals surface area contributed by atoms with Crippen molar-refractivity contribution in [1.29, 1.82) is 5.26 Å². The van der Waals surface area contributed by atoms with Crippen LogP contribution >= 0.6 is 0 Å². The first kappa shape index (κ1) is 16.6. The van der Waals surface area contributed by atoms with E-state index in [1.165, 1.54) is 28.6 Å². The van der Waals surface area contributed by atoms with E-state index in [0.717, 1.165) is 12.2 Å². The van der Waals surface area contributed by atoms with Gasteiger partial charge in [-0.2, -0.15) is 9.57 Å². The Labute approximate surface area is 142 Å². The zero-order chi connectivity index (χ0) is 17.0. The summed E-state index contributed by atoms with van der Waals surface area (Å²) in [5.41, 5.74) is 1.44. The van der Waals surface area contributed by atoms with Gasteiger partial charge in [0, 0.05) is 38.9 Å². The minimum absolute atomic E-state index is 0.236. The molecule has 1 fully saturated rings. The minimum Gasteiger partial charge on any atom is -0.295 e. The lowest BCUT2D eigenvalue weighted by atomic mass is 10.2. The summed E-state index contributed by atoms with van der Waals surface area (Å²) in [5.74, 6) is 0. The van der Waals surface area contributed by atoms with Crippen molar-refractivity contribution in [2.24, 2.45) is 0 Å². The van der Waals surface area contributed by atoms with E-state index in [-0.39, 0.29) is 4.90 Å². The third-order valence-corrected chi connectivity index (χ3v) is 5.98. The molecule has 7 heteroatoms. The first-order valence-electron chi connectivity index (χ1n) is 7.72. The SMILES string of the molecule is N#Cc1ccc(S(=O)(=O)N2CCN(Cc3ccccn3)CC2)cc1. The Morgan fingerprint density at radius 2 is 1.75 bits per heavy atom. The predicted octanol–water partition coefficient (Wildman–Crippen LogP) is 1.46. The topological polar surface area (TPSA) is 77.3 Å². The molecule has 24 heavy (non-hydrogen) atoms. The molecule has 2 heterocycles. The number of pyridine rings is 1. The van der Waals surface area contributed by atoms with Crippen LogP contribution in [0, 0.1) is 11.3 Å². The normalized spacial score (nSPS) is 16.6. The summed E-state index contributed by atoms with van der Waals surface area (Å²) in [7, 11) is -3.50. The van der Waals surface area contributed by atoms with Crippen LogP contribution in [0.2, 0.25) is 0 Å². The number of hydrogen-bond acceptors (Lipinski definition) is 5. The minimum atomic E-state index is -3.50. The number of aromatic nitrogens is 1. The Bertz CT molecular complexity index is 821. The first-order valence-corrected chi connectivity index (χ1v) is 9.16. The van der Waals surface area contributed by atoms with Crippen LogP contribution in [0.3, 0.4) is 0 Å². The van der Waals surface area contributed by atoms with E-state index in [4.69, 9.17) is 5.26 Å². The number of hydrogen-bond donors (Lipinski definition) is 0. The fraction of sp³-hybridized carbons (Fsp3) is 0.294.